The number of hydrogen-bond acceptors (Lipinski definition) is 3. The van der Waals surface area contributed by atoms with Crippen LogP contribution in [0.5, 0.6) is 0 Å². The molecule has 1 saturated carbocycles. The first-order chi connectivity index (χ1) is 7.33. The molecule has 0 aliphatic heterocycles. The maximum Gasteiger partial charge on any atom is 0.224 e. The number of hydrogen-bond donors (Lipinski definition) is 1. The predicted molar refractivity (Wildman–Crippen MR) is 56.0 cm³/mol. The number of oxazole rings is 1. The van der Waals surface area contributed by atoms with Crippen LogP contribution in [0.2, 0.25) is 0 Å². The number of rotatable bonds is 3. The lowest BCUT2D eigenvalue weighted by Gasteiger charge is -2.02. The number of fused-ring (bicyclic) bond motifs is 1. The maximum atomic E-state index is 9.82. The van der Waals surface area contributed by atoms with Crippen LogP contribution >= 0.6 is 0 Å². The minimum Gasteiger partial charge on any atom is -0.438 e. The molecule has 3 heteroatoms. The van der Waals surface area contributed by atoms with Crippen LogP contribution < -0.4 is 0 Å². The normalized spacial score (nSPS) is 18.2. The summed E-state index contributed by atoms with van der Waals surface area (Å²) in [4.78, 5) is 4.25. The van der Waals surface area contributed by atoms with E-state index in [2.05, 4.69) is 4.98 Å². The second-order valence-electron chi connectivity index (χ2n) is 3.99. The molecular formula is C12H12NO2. The Morgan fingerprint density at radius 1 is 1.40 bits per heavy atom. The molecule has 2 aromatic rings. The van der Waals surface area contributed by atoms with Crippen LogP contribution in [0, 0.1) is 12.3 Å². The Morgan fingerprint density at radius 2 is 2.20 bits per heavy atom. The first-order valence-electron chi connectivity index (χ1n) is 5.21. The maximum absolute atomic E-state index is 9.82. The Labute approximate surface area is 87.7 Å². The van der Waals surface area contributed by atoms with Gasteiger partial charge in [-0.3, -0.25) is 0 Å². The van der Waals surface area contributed by atoms with Crippen molar-refractivity contribution in [2.75, 3.05) is 0 Å². The Kier molecular flexibility index (Phi) is 1.99. The van der Waals surface area contributed by atoms with Crippen LogP contribution in [0.25, 0.3) is 11.1 Å². The Morgan fingerprint density at radius 3 is 2.93 bits per heavy atom. The Hall–Kier alpha value is -1.35. The lowest BCUT2D eigenvalue weighted by atomic mass is 10.2. The minimum atomic E-state index is -0.662. The molecule has 1 fully saturated rings. The molecule has 1 atom stereocenters. The van der Waals surface area contributed by atoms with Crippen LogP contribution in [0.3, 0.4) is 0 Å². The molecular weight excluding hydrogens is 190 g/mol. The van der Waals surface area contributed by atoms with Gasteiger partial charge in [0.15, 0.2) is 5.58 Å². The lowest BCUT2D eigenvalue weighted by molar-refractivity contribution is 0.171. The summed E-state index contributed by atoms with van der Waals surface area (Å²) in [6, 6.07) is 7.54. The molecule has 0 saturated heterocycles. The second-order valence-corrected chi connectivity index (χ2v) is 3.99. The van der Waals surface area contributed by atoms with E-state index in [9.17, 15) is 5.11 Å². The van der Waals surface area contributed by atoms with Gasteiger partial charge in [0.2, 0.25) is 5.89 Å². The molecule has 15 heavy (non-hydrogen) atoms. The van der Waals surface area contributed by atoms with Crippen molar-refractivity contribution in [3.05, 3.63) is 36.6 Å². The quantitative estimate of drug-likeness (QED) is 0.831. The van der Waals surface area contributed by atoms with Crippen molar-refractivity contribution in [2.45, 2.75) is 18.9 Å². The highest BCUT2D eigenvalue weighted by molar-refractivity contribution is 5.72. The predicted octanol–water partition coefficient (Wildman–Crippen LogP) is 2.48. The largest absolute Gasteiger partial charge is 0.438 e. The van der Waals surface area contributed by atoms with Crippen molar-refractivity contribution >= 4 is 11.1 Å². The summed E-state index contributed by atoms with van der Waals surface area (Å²) in [5.41, 5.74) is 1.53. The van der Waals surface area contributed by atoms with Gasteiger partial charge in [0.25, 0.3) is 0 Å². The fraction of sp³-hybridized carbons (Fsp3) is 0.333. The van der Waals surface area contributed by atoms with Crippen molar-refractivity contribution in [3.63, 3.8) is 0 Å². The highest BCUT2D eigenvalue weighted by atomic mass is 16.4. The minimum absolute atomic E-state index is 0.406. The van der Waals surface area contributed by atoms with Gasteiger partial charge in [-0.25, -0.2) is 4.98 Å². The fourth-order valence-electron chi connectivity index (χ4n) is 1.65. The molecule has 1 aromatic carbocycles. The van der Waals surface area contributed by atoms with E-state index >= 15 is 0 Å². The third-order valence-electron chi connectivity index (χ3n) is 2.64. The molecule has 0 amide bonds. The van der Waals surface area contributed by atoms with Gasteiger partial charge in [-0.05, 0) is 30.9 Å². The summed E-state index contributed by atoms with van der Waals surface area (Å²) < 4.78 is 5.47. The fourth-order valence-corrected chi connectivity index (χ4v) is 1.65. The SMILES string of the molecule is O[C@@H]([CH]C1CC1)c1nc2ccccc2o1. The second kappa shape index (κ2) is 3.35. The Balaban J connectivity index is 1.89. The number of aliphatic hydroxyl groups excluding tert-OH is 1. The van der Waals surface area contributed by atoms with Gasteiger partial charge >= 0.3 is 0 Å². The van der Waals surface area contributed by atoms with Crippen LogP contribution in [0.4, 0.5) is 0 Å². The van der Waals surface area contributed by atoms with Crippen LogP contribution in [0.15, 0.2) is 28.7 Å². The first-order valence-corrected chi connectivity index (χ1v) is 5.21. The number of aromatic nitrogens is 1. The first kappa shape index (κ1) is 8.92. The highest BCUT2D eigenvalue weighted by Gasteiger charge is 2.27. The standard InChI is InChI=1S/C12H12NO2/c14-10(7-8-5-6-8)12-13-9-3-1-2-4-11(9)15-12/h1-4,7-8,10,14H,5-6H2/t10-/m0/s1. The van der Waals surface area contributed by atoms with Crippen molar-refractivity contribution in [3.8, 4) is 0 Å². The van der Waals surface area contributed by atoms with E-state index in [-0.39, 0.29) is 0 Å². The summed E-state index contributed by atoms with van der Waals surface area (Å²) in [7, 11) is 0. The van der Waals surface area contributed by atoms with Crippen molar-refractivity contribution in [1.82, 2.24) is 4.98 Å². The summed E-state index contributed by atoms with van der Waals surface area (Å²) in [6.45, 7) is 0. The zero-order valence-electron chi connectivity index (χ0n) is 8.26. The van der Waals surface area contributed by atoms with Gasteiger partial charge in [-0.1, -0.05) is 12.1 Å². The molecule has 0 spiro atoms. The smallest absolute Gasteiger partial charge is 0.224 e. The molecule has 1 aromatic heterocycles. The summed E-state index contributed by atoms with van der Waals surface area (Å²) in [5, 5.41) is 9.82. The molecule has 1 aliphatic carbocycles. The van der Waals surface area contributed by atoms with E-state index in [0.29, 0.717) is 11.8 Å². The van der Waals surface area contributed by atoms with Gasteiger partial charge in [0.1, 0.15) is 11.6 Å². The van der Waals surface area contributed by atoms with Crippen molar-refractivity contribution < 1.29 is 9.52 Å². The van der Waals surface area contributed by atoms with Gasteiger partial charge in [-0.2, -0.15) is 0 Å². The van der Waals surface area contributed by atoms with Crippen LogP contribution in [-0.2, 0) is 0 Å². The topological polar surface area (TPSA) is 46.3 Å². The van der Waals surface area contributed by atoms with E-state index < -0.39 is 6.10 Å². The summed E-state index contributed by atoms with van der Waals surface area (Å²) in [6.07, 6.45) is 3.60. The molecule has 3 rings (SSSR count). The van der Waals surface area contributed by atoms with E-state index in [4.69, 9.17) is 4.42 Å². The summed E-state index contributed by atoms with van der Waals surface area (Å²) in [5.74, 6) is 0.957. The monoisotopic (exact) mass is 202 g/mol. The molecule has 0 bridgehead atoms. The third-order valence-corrected chi connectivity index (χ3v) is 2.64. The Bertz CT molecular complexity index is 440. The zero-order valence-corrected chi connectivity index (χ0v) is 8.26. The van der Waals surface area contributed by atoms with E-state index in [1.54, 1.807) is 0 Å². The number of para-hydroxylation sites is 2. The lowest BCUT2D eigenvalue weighted by Crippen LogP contribution is -1.99. The van der Waals surface area contributed by atoms with Gasteiger partial charge < -0.3 is 9.52 Å². The third kappa shape index (κ3) is 1.75. The zero-order chi connectivity index (χ0) is 10.3. The van der Waals surface area contributed by atoms with Crippen molar-refractivity contribution in [2.24, 2.45) is 5.92 Å². The molecule has 1 heterocycles. The highest BCUT2D eigenvalue weighted by Crippen LogP contribution is 2.36. The summed E-state index contributed by atoms with van der Waals surface area (Å²) >= 11 is 0. The van der Waals surface area contributed by atoms with Gasteiger partial charge in [0.05, 0.1) is 0 Å². The molecule has 0 unspecified atom stereocenters. The van der Waals surface area contributed by atoms with Crippen LogP contribution in [-0.4, -0.2) is 10.1 Å². The number of aliphatic hydroxyl groups is 1. The average molecular weight is 202 g/mol. The number of benzene rings is 1. The van der Waals surface area contributed by atoms with Crippen LogP contribution in [0.1, 0.15) is 24.8 Å². The van der Waals surface area contributed by atoms with E-state index in [1.807, 2.05) is 30.7 Å². The molecule has 77 valence electrons. The van der Waals surface area contributed by atoms with Gasteiger partial charge in [-0.15, -0.1) is 0 Å². The van der Waals surface area contributed by atoms with E-state index in [1.165, 1.54) is 12.8 Å². The average Bonchev–Trinajstić information content (AvgIpc) is 2.95. The molecule has 1 radical (unpaired) electrons. The van der Waals surface area contributed by atoms with Gasteiger partial charge in [0, 0.05) is 6.42 Å². The molecule has 1 N–H and O–H groups in total. The molecule has 3 nitrogen and oxygen atoms in total. The van der Waals surface area contributed by atoms with Crippen molar-refractivity contribution in [1.29, 1.82) is 0 Å². The molecule has 1 aliphatic rings. The van der Waals surface area contributed by atoms with E-state index in [0.717, 1.165) is 11.1 Å². The number of nitrogens with zero attached hydrogens (tertiary/aromatic N) is 1.